The quantitative estimate of drug-likeness (QED) is 0.161. The number of benzene rings is 6. The minimum absolute atomic E-state index is 0.124. The third-order valence-electron chi connectivity index (χ3n) is 11.6. The molecule has 240 valence electrons. The molecule has 1 aromatic heterocycles. The summed E-state index contributed by atoms with van der Waals surface area (Å²) in [7, 11) is 0. The van der Waals surface area contributed by atoms with Gasteiger partial charge in [-0.2, -0.15) is 0 Å². The maximum Gasteiger partial charge on any atom is 0.0544 e. The number of aromatic nitrogens is 1. The highest BCUT2D eigenvalue weighted by molar-refractivity contribution is 6.18. The fourth-order valence-electron chi connectivity index (χ4n) is 9.27. The van der Waals surface area contributed by atoms with Gasteiger partial charge in [0, 0.05) is 27.3 Å². The molecule has 0 aliphatic heterocycles. The second-order valence-electron chi connectivity index (χ2n) is 15.1. The number of nitrogens with zero attached hydrogens (tertiary/aromatic N) is 1. The third-order valence-corrected chi connectivity index (χ3v) is 11.6. The van der Waals surface area contributed by atoms with Crippen LogP contribution in [0.2, 0.25) is 0 Å². The van der Waals surface area contributed by atoms with Gasteiger partial charge < -0.3 is 4.57 Å². The molecule has 2 aliphatic rings. The van der Waals surface area contributed by atoms with Crippen molar-refractivity contribution in [1.82, 2.24) is 4.57 Å². The van der Waals surface area contributed by atoms with Crippen molar-refractivity contribution >= 4 is 27.4 Å². The topological polar surface area (TPSA) is 4.93 Å². The first kappa shape index (κ1) is 30.0. The molecule has 2 aliphatic carbocycles. The van der Waals surface area contributed by atoms with Gasteiger partial charge in [0.05, 0.1) is 11.0 Å². The van der Waals surface area contributed by atoms with Crippen molar-refractivity contribution in [2.24, 2.45) is 0 Å². The van der Waals surface area contributed by atoms with Gasteiger partial charge in [-0.25, -0.2) is 0 Å². The predicted molar refractivity (Wildman–Crippen MR) is 209 cm³/mol. The summed E-state index contributed by atoms with van der Waals surface area (Å²) in [4.78, 5) is 0. The zero-order valence-corrected chi connectivity index (χ0v) is 29.3. The largest absolute Gasteiger partial charge is 0.309 e. The van der Waals surface area contributed by atoms with Gasteiger partial charge in [0.15, 0.2) is 0 Å². The first-order valence-electron chi connectivity index (χ1n) is 18.0. The van der Waals surface area contributed by atoms with Crippen molar-refractivity contribution in [3.8, 4) is 27.9 Å². The molecule has 0 atom stereocenters. The highest BCUT2D eigenvalue weighted by atomic mass is 15.0. The smallest absolute Gasteiger partial charge is 0.0544 e. The molecule has 49 heavy (non-hydrogen) atoms. The van der Waals surface area contributed by atoms with E-state index in [1.807, 2.05) is 0 Å². The Kier molecular flexibility index (Phi) is 6.69. The van der Waals surface area contributed by atoms with Crippen molar-refractivity contribution in [1.29, 1.82) is 0 Å². The Morgan fingerprint density at radius 2 is 1.02 bits per heavy atom. The summed E-state index contributed by atoms with van der Waals surface area (Å²) < 4.78 is 2.54. The van der Waals surface area contributed by atoms with Crippen molar-refractivity contribution < 1.29 is 0 Å². The van der Waals surface area contributed by atoms with E-state index in [0.29, 0.717) is 0 Å². The summed E-state index contributed by atoms with van der Waals surface area (Å²) in [6.07, 6.45) is 5.91. The molecule has 1 nitrogen and oxygen atoms in total. The minimum Gasteiger partial charge on any atom is -0.309 e. The molecule has 1 heterocycles. The standard InChI is InChI=1S/C48H43N/c1-6-7-9-18-34(31-16-10-8-11-17-31)32-23-25-33(26-24-32)49-41-29-27-37-35-19-12-14-21-39(35)47(2,3)45(37)43(41)44-42(49)30-28-38-36-20-13-15-22-40(36)48(4,5)46(38)44/h8,10-30H,6-7,9H2,1-5H3/b34-18-. The van der Waals surface area contributed by atoms with Crippen molar-refractivity contribution in [3.05, 3.63) is 167 Å². The molecule has 0 unspecified atom stereocenters. The number of hydrogen-bond acceptors (Lipinski definition) is 0. The van der Waals surface area contributed by atoms with Crippen LogP contribution in [0.5, 0.6) is 0 Å². The van der Waals surface area contributed by atoms with Crippen LogP contribution >= 0.6 is 0 Å². The zero-order chi connectivity index (χ0) is 33.5. The molecule has 0 bridgehead atoms. The Morgan fingerprint density at radius 3 is 1.55 bits per heavy atom. The summed E-state index contributed by atoms with van der Waals surface area (Å²) in [5, 5.41) is 2.81. The van der Waals surface area contributed by atoms with Crippen LogP contribution in [-0.4, -0.2) is 4.57 Å². The molecular weight excluding hydrogens is 591 g/mol. The summed E-state index contributed by atoms with van der Waals surface area (Å²) in [6, 6.07) is 47.8. The minimum atomic E-state index is -0.124. The van der Waals surface area contributed by atoms with Gasteiger partial charge in [-0.15, -0.1) is 0 Å². The molecule has 0 spiro atoms. The van der Waals surface area contributed by atoms with Crippen molar-refractivity contribution in [3.63, 3.8) is 0 Å². The van der Waals surface area contributed by atoms with Crippen LogP contribution in [-0.2, 0) is 10.8 Å². The van der Waals surface area contributed by atoms with Gasteiger partial charge in [-0.05, 0) is 91.9 Å². The van der Waals surface area contributed by atoms with E-state index >= 15 is 0 Å². The van der Waals surface area contributed by atoms with E-state index < -0.39 is 0 Å². The van der Waals surface area contributed by atoms with Gasteiger partial charge in [0.25, 0.3) is 0 Å². The third kappa shape index (κ3) is 4.24. The normalized spacial score (nSPS) is 15.3. The summed E-state index contributed by atoms with van der Waals surface area (Å²) in [5.41, 5.74) is 18.6. The first-order chi connectivity index (χ1) is 23.8. The second kappa shape index (κ2) is 10.9. The average molecular weight is 634 g/mol. The zero-order valence-electron chi connectivity index (χ0n) is 29.3. The Hall–Kier alpha value is -5.14. The summed E-state index contributed by atoms with van der Waals surface area (Å²) >= 11 is 0. The van der Waals surface area contributed by atoms with Gasteiger partial charge in [0.2, 0.25) is 0 Å². The molecule has 0 radical (unpaired) electrons. The summed E-state index contributed by atoms with van der Waals surface area (Å²) in [5.74, 6) is 0. The van der Waals surface area contributed by atoms with E-state index in [9.17, 15) is 0 Å². The fraction of sp³-hybridized carbons (Fsp3) is 0.208. The summed E-state index contributed by atoms with van der Waals surface area (Å²) in [6.45, 7) is 12.0. The molecule has 0 amide bonds. The number of unbranched alkanes of at least 4 members (excludes halogenated alkanes) is 2. The van der Waals surface area contributed by atoms with Crippen LogP contribution in [0, 0.1) is 0 Å². The average Bonchev–Trinajstić information content (AvgIpc) is 3.67. The SMILES string of the molecule is CCCC/C=C(/c1ccccc1)c1ccc(-n2c3ccc4c(c3c3c5c(ccc32)-c2ccccc2C5(C)C)C(C)(C)c2ccccc2-4)cc1. The molecule has 6 aromatic carbocycles. The Bertz CT molecular complexity index is 2330. The van der Waals surface area contributed by atoms with E-state index in [2.05, 4.69) is 173 Å². The maximum absolute atomic E-state index is 2.54. The highest BCUT2D eigenvalue weighted by Gasteiger charge is 2.42. The van der Waals surface area contributed by atoms with Crippen molar-refractivity contribution in [2.45, 2.75) is 64.7 Å². The van der Waals surface area contributed by atoms with Gasteiger partial charge in [0.1, 0.15) is 0 Å². The van der Waals surface area contributed by atoms with E-state index in [0.717, 1.165) is 6.42 Å². The maximum atomic E-state index is 2.54. The lowest BCUT2D eigenvalue weighted by Crippen LogP contribution is -2.17. The van der Waals surface area contributed by atoms with Gasteiger partial charge in [-0.1, -0.05) is 157 Å². The Morgan fingerprint density at radius 1 is 0.531 bits per heavy atom. The van der Waals surface area contributed by atoms with Gasteiger partial charge in [-0.3, -0.25) is 0 Å². The Balaban J connectivity index is 1.33. The van der Waals surface area contributed by atoms with Crippen LogP contribution in [0.25, 0.3) is 55.3 Å². The van der Waals surface area contributed by atoms with Crippen LogP contribution in [0.15, 0.2) is 133 Å². The lowest BCUT2D eigenvalue weighted by Gasteiger charge is -2.25. The van der Waals surface area contributed by atoms with Crippen LogP contribution in [0.1, 0.15) is 87.3 Å². The molecule has 1 heteroatoms. The van der Waals surface area contributed by atoms with E-state index in [1.165, 1.54) is 102 Å². The van der Waals surface area contributed by atoms with Crippen molar-refractivity contribution in [2.75, 3.05) is 0 Å². The second-order valence-corrected chi connectivity index (χ2v) is 15.1. The van der Waals surface area contributed by atoms with Crippen LogP contribution in [0.3, 0.4) is 0 Å². The van der Waals surface area contributed by atoms with Crippen LogP contribution < -0.4 is 0 Å². The van der Waals surface area contributed by atoms with E-state index in [1.54, 1.807) is 0 Å². The fourth-order valence-corrected chi connectivity index (χ4v) is 9.27. The number of allylic oxidation sites excluding steroid dienone is 1. The molecular formula is C48H43N. The molecule has 0 fully saturated rings. The molecule has 0 N–H and O–H groups in total. The molecule has 0 saturated heterocycles. The Labute approximate surface area is 290 Å². The molecule has 0 saturated carbocycles. The van der Waals surface area contributed by atoms with Gasteiger partial charge >= 0.3 is 0 Å². The first-order valence-corrected chi connectivity index (χ1v) is 18.0. The number of rotatable bonds is 6. The number of fused-ring (bicyclic) bond motifs is 11. The molecule has 7 aromatic rings. The highest BCUT2D eigenvalue weighted by Crippen LogP contribution is 2.57. The van der Waals surface area contributed by atoms with E-state index in [4.69, 9.17) is 0 Å². The lowest BCUT2D eigenvalue weighted by atomic mass is 9.77. The monoisotopic (exact) mass is 633 g/mol. The lowest BCUT2D eigenvalue weighted by molar-refractivity contribution is 0.662. The van der Waals surface area contributed by atoms with E-state index in [-0.39, 0.29) is 10.8 Å². The van der Waals surface area contributed by atoms with Crippen LogP contribution in [0.4, 0.5) is 0 Å². The predicted octanol–water partition coefficient (Wildman–Crippen LogP) is 13.0. The molecule has 9 rings (SSSR count). The number of hydrogen-bond donors (Lipinski definition) is 0.